The van der Waals surface area contributed by atoms with Crippen molar-refractivity contribution in [2.45, 2.75) is 31.6 Å². The highest BCUT2D eigenvalue weighted by Crippen LogP contribution is 2.19. The fourth-order valence-electron chi connectivity index (χ4n) is 1.57. The maximum atomic E-state index is 11.7. The Labute approximate surface area is 119 Å². The number of thioether (sulfide) groups is 1. The highest BCUT2D eigenvalue weighted by atomic mass is 32.2. The van der Waals surface area contributed by atoms with Crippen molar-refractivity contribution in [2.75, 3.05) is 17.3 Å². The van der Waals surface area contributed by atoms with Crippen molar-refractivity contribution >= 4 is 27.4 Å². The molecule has 0 radical (unpaired) electrons. The minimum absolute atomic E-state index is 0.109. The summed E-state index contributed by atoms with van der Waals surface area (Å²) in [4.78, 5) is 12.7. The fourth-order valence-corrected chi connectivity index (χ4v) is 3.36. The van der Waals surface area contributed by atoms with Crippen LogP contribution in [0.15, 0.2) is 29.2 Å². The van der Waals surface area contributed by atoms with Crippen LogP contribution in [-0.4, -0.2) is 31.5 Å². The maximum Gasteiger partial charge on any atom is 0.150 e. The SMILES string of the molecule is CCS(=O)(=O)CCCC(=O)CSc1cccc(C)c1. The average molecular weight is 300 g/mol. The Kier molecular flexibility index (Phi) is 6.58. The molecule has 0 saturated carbocycles. The molecule has 0 saturated heterocycles. The summed E-state index contributed by atoms with van der Waals surface area (Å²) in [5.74, 6) is 0.789. The van der Waals surface area contributed by atoms with Crippen LogP contribution in [0.25, 0.3) is 0 Å². The first-order chi connectivity index (χ1) is 8.93. The third-order valence-corrected chi connectivity index (χ3v) is 5.58. The standard InChI is InChI=1S/C14H20O3S2/c1-3-19(16,17)9-5-7-13(15)11-18-14-8-4-6-12(2)10-14/h4,6,8,10H,3,5,7,9,11H2,1-2H3. The molecule has 0 atom stereocenters. The van der Waals surface area contributed by atoms with E-state index < -0.39 is 9.84 Å². The Hall–Kier alpha value is -0.810. The van der Waals surface area contributed by atoms with Gasteiger partial charge in [0.15, 0.2) is 0 Å². The molecule has 0 amide bonds. The third kappa shape index (κ3) is 6.78. The summed E-state index contributed by atoms with van der Waals surface area (Å²) in [5, 5.41) is 0. The number of ketones is 1. The second kappa shape index (κ2) is 7.70. The molecule has 0 fully saturated rings. The molecule has 0 N–H and O–H groups in total. The first kappa shape index (κ1) is 16.2. The van der Waals surface area contributed by atoms with Crippen molar-refractivity contribution in [3.05, 3.63) is 29.8 Å². The molecule has 5 heteroatoms. The zero-order valence-corrected chi connectivity index (χ0v) is 13.0. The smallest absolute Gasteiger partial charge is 0.150 e. The van der Waals surface area contributed by atoms with Gasteiger partial charge in [-0.2, -0.15) is 0 Å². The van der Waals surface area contributed by atoms with E-state index in [0.29, 0.717) is 18.6 Å². The van der Waals surface area contributed by atoms with Crippen molar-refractivity contribution in [1.29, 1.82) is 0 Å². The van der Waals surface area contributed by atoms with Gasteiger partial charge < -0.3 is 0 Å². The van der Waals surface area contributed by atoms with Gasteiger partial charge in [-0.3, -0.25) is 4.79 Å². The molecule has 0 unspecified atom stereocenters. The number of aryl methyl sites for hydroxylation is 1. The number of benzene rings is 1. The summed E-state index contributed by atoms with van der Waals surface area (Å²) in [6, 6.07) is 8.00. The molecule has 0 aromatic heterocycles. The molecule has 1 aromatic rings. The summed E-state index contributed by atoms with van der Waals surface area (Å²) in [5.41, 5.74) is 1.17. The number of hydrogen-bond acceptors (Lipinski definition) is 4. The number of sulfone groups is 1. The molecule has 0 aliphatic rings. The Morgan fingerprint density at radius 1 is 1.32 bits per heavy atom. The molecular weight excluding hydrogens is 280 g/mol. The highest BCUT2D eigenvalue weighted by Gasteiger charge is 2.09. The van der Waals surface area contributed by atoms with E-state index in [2.05, 4.69) is 0 Å². The number of carbonyl (C=O) groups is 1. The minimum atomic E-state index is -2.95. The van der Waals surface area contributed by atoms with E-state index in [1.807, 2.05) is 31.2 Å². The maximum absolute atomic E-state index is 11.7. The van der Waals surface area contributed by atoms with Crippen LogP contribution in [0.5, 0.6) is 0 Å². The van der Waals surface area contributed by atoms with Crippen LogP contribution >= 0.6 is 11.8 Å². The van der Waals surface area contributed by atoms with Crippen molar-refractivity contribution < 1.29 is 13.2 Å². The van der Waals surface area contributed by atoms with Crippen LogP contribution in [0.1, 0.15) is 25.3 Å². The molecular formula is C14H20O3S2. The van der Waals surface area contributed by atoms with Gasteiger partial charge in [0.25, 0.3) is 0 Å². The van der Waals surface area contributed by atoms with Gasteiger partial charge in [-0.1, -0.05) is 24.6 Å². The quantitative estimate of drug-likeness (QED) is 0.693. The average Bonchev–Trinajstić information content (AvgIpc) is 2.36. The van der Waals surface area contributed by atoms with Gasteiger partial charge in [-0.05, 0) is 25.5 Å². The zero-order valence-electron chi connectivity index (χ0n) is 11.4. The van der Waals surface area contributed by atoms with Crippen LogP contribution in [-0.2, 0) is 14.6 Å². The molecule has 0 aliphatic heterocycles. The second-order valence-electron chi connectivity index (χ2n) is 4.48. The Morgan fingerprint density at radius 3 is 2.68 bits per heavy atom. The summed E-state index contributed by atoms with van der Waals surface area (Å²) >= 11 is 1.51. The molecule has 1 aromatic carbocycles. The summed E-state index contributed by atoms with van der Waals surface area (Å²) in [6.45, 7) is 3.65. The highest BCUT2D eigenvalue weighted by molar-refractivity contribution is 8.00. The third-order valence-electron chi connectivity index (χ3n) is 2.74. The second-order valence-corrected chi connectivity index (χ2v) is 8.01. The number of rotatable bonds is 8. The van der Waals surface area contributed by atoms with Gasteiger partial charge in [0.1, 0.15) is 15.6 Å². The molecule has 19 heavy (non-hydrogen) atoms. The predicted molar refractivity (Wildman–Crippen MR) is 80.5 cm³/mol. The van der Waals surface area contributed by atoms with Crippen molar-refractivity contribution in [3.63, 3.8) is 0 Å². The summed E-state index contributed by atoms with van der Waals surface area (Å²) < 4.78 is 22.6. The van der Waals surface area contributed by atoms with E-state index in [9.17, 15) is 13.2 Å². The van der Waals surface area contributed by atoms with Crippen LogP contribution in [0.4, 0.5) is 0 Å². The van der Waals surface area contributed by atoms with E-state index in [-0.39, 0.29) is 17.3 Å². The molecule has 0 spiro atoms. The van der Waals surface area contributed by atoms with E-state index in [0.717, 1.165) is 4.90 Å². The lowest BCUT2D eigenvalue weighted by Crippen LogP contribution is -2.11. The molecule has 3 nitrogen and oxygen atoms in total. The van der Waals surface area contributed by atoms with Crippen LogP contribution < -0.4 is 0 Å². The van der Waals surface area contributed by atoms with E-state index >= 15 is 0 Å². The van der Waals surface area contributed by atoms with E-state index in [1.54, 1.807) is 6.92 Å². The Bertz CT molecular complexity index is 521. The van der Waals surface area contributed by atoms with Crippen LogP contribution in [0, 0.1) is 6.92 Å². The van der Waals surface area contributed by atoms with Gasteiger partial charge >= 0.3 is 0 Å². The van der Waals surface area contributed by atoms with Crippen molar-refractivity contribution in [2.24, 2.45) is 0 Å². The summed E-state index contributed by atoms with van der Waals surface area (Å²) in [7, 11) is -2.95. The first-order valence-electron chi connectivity index (χ1n) is 6.34. The molecule has 0 aliphatic carbocycles. The molecule has 106 valence electrons. The van der Waals surface area contributed by atoms with Crippen molar-refractivity contribution in [1.82, 2.24) is 0 Å². The predicted octanol–water partition coefficient (Wildman–Crippen LogP) is 2.87. The molecule has 0 heterocycles. The fraction of sp³-hybridized carbons (Fsp3) is 0.500. The summed E-state index contributed by atoms with van der Waals surface area (Å²) in [6.07, 6.45) is 0.779. The van der Waals surface area contributed by atoms with Gasteiger partial charge in [0.2, 0.25) is 0 Å². The minimum Gasteiger partial charge on any atom is -0.299 e. The van der Waals surface area contributed by atoms with Gasteiger partial charge in [-0.25, -0.2) is 8.42 Å². The van der Waals surface area contributed by atoms with Crippen molar-refractivity contribution in [3.8, 4) is 0 Å². The Morgan fingerprint density at radius 2 is 2.05 bits per heavy atom. The van der Waals surface area contributed by atoms with Gasteiger partial charge in [0, 0.05) is 17.1 Å². The van der Waals surface area contributed by atoms with Gasteiger partial charge in [0.05, 0.1) is 11.5 Å². The lowest BCUT2D eigenvalue weighted by Gasteiger charge is -2.03. The number of Topliss-reactive ketones (excluding diaryl/α,β-unsaturated/α-hetero) is 1. The van der Waals surface area contributed by atoms with Crippen LogP contribution in [0.2, 0.25) is 0 Å². The molecule has 0 bridgehead atoms. The lowest BCUT2D eigenvalue weighted by atomic mass is 10.2. The molecule has 1 rings (SSSR count). The monoisotopic (exact) mass is 300 g/mol. The van der Waals surface area contributed by atoms with Gasteiger partial charge in [-0.15, -0.1) is 11.8 Å². The van der Waals surface area contributed by atoms with E-state index in [4.69, 9.17) is 0 Å². The van der Waals surface area contributed by atoms with Crippen LogP contribution in [0.3, 0.4) is 0 Å². The zero-order chi connectivity index (χ0) is 14.3. The normalized spacial score (nSPS) is 11.5. The first-order valence-corrected chi connectivity index (χ1v) is 9.15. The number of carbonyl (C=O) groups excluding carboxylic acids is 1. The largest absolute Gasteiger partial charge is 0.299 e. The van der Waals surface area contributed by atoms with E-state index in [1.165, 1.54) is 17.3 Å². The Balaban J connectivity index is 2.29. The number of hydrogen-bond donors (Lipinski definition) is 0. The topological polar surface area (TPSA) is 51.2 Å². The lowest BCUT2D eigenvalue weighted by molar-refractivity contribution is -0.116.